The smallest absolute Gasteiger partial charge is 0.271 e. The summed E-state index contributed by atoms with van der Waals surface area (Å²) < 4.78 is 0. The maximum atomic E-state index is 10.7. The van der Waals surface area contributed by atoms with Gasteiger partial charge in [0.15, 0.2) is 0 Å². The number of hydrogen-bond donors (Lipinski definition) is 1. The molecule has 0 spiro atoms. The van der Waals surface area contributed by atoms with Gasteiger partial charge in [-0.25, -0.2) is 0 Å². The van der Waals surface area contributed by atoms with Crippen molar-refractivity contribution in [2.75, 3.05) is 23.4 Å². The normalized spacial score (nSPS) is 9.65. The number of nitro groups is 1. The second-order valence-electron chi connectivity index (χ2n) is 3.50. The van der Waals surface area contributed by atoms with Crippen molar-refractivity contribution in [1.82, 2.24) is 0 Å². The molecule has 4 nitrogen and oxygen atoms in total. The van der Waals surface area contributed by atoms with Crippen molar-refractivity contribution in [3.8, 4) is 12.3 Å². The Bertz CT molecular complexity index is 441. The zero-order valence-corrected chi connectivity index (χ0v) is 10.4. The fourth-order valence-corrected chi connectivity index (χ4v) is 1.88. The number of nitrogens with zero attached hydrogens (tertiary/aromatic N) is 1. The summed E-state index contributed by atoms with van der Waals surface area (Å²) in [5, 5.41) is 13.8. The lowest BCUT2D eigenvalue weighted by Crippen LogP contribution is -2.05. The molecule has 0 heterocycles. The maximum absolute atomic E-state index is 10.7. The van der Waals surface area contributed by atoms with Crippen molar-refractivity contribution in [2.24, 2.45) is 0 Å². The summed E-state index contributed by atoms with van der Waals surface area (Å²) in [6.45, 7) is 2.58. The highest BCUT2D eigenvalue weighted by atomic mass is 32.2. The van der Waals surface area contributed by atoms with Crippen LogP contribution >= 0.6 is 11.8 Å². The third kappa shape index (κ3) is 4.79. The fraction of sp³-hybridized carbons (Fsp3) is 0.333. The number of nitro benzene ring substituents is 1. The Morgan fingerprint density at radius 2 is 2.29 bits per heavy atom. The summed E-state index contributed by atoms with van der Waals surface area (Å²) in [6.07, 6.45) is 5.13. The van der Waals surface area contributed by atoms with E-state index in [1.54, 1.807) is 23.9 Å². The van der Waals surface area contributed by atoms with Crippen molar-refractivity contribution >= 4 is 23.1 Å². The Kier molecular flexibility index (Phi) is 5.37. The van der Waals surface area contributed by atoms with Crippen LogP contribution in [-0.2, 0) is 0 Å². The van der Waals surface area contributed by atoms with Gasteiger partial charge in [0.2, 0.25) is 0 Å². The van der Waals surface area contributed by atoms with E-state index < -0.39 is 0 Å². The minimum atomic E-state index is -0.384. The molecule has 0 bridgehead atoms. The average Bonchev–Trinajstić information content (AvgIpc) is 2.28. The number of terminal acetylenes is 1. The standard InChI is InChI=1S/C12H14N2O2S/c1-3-5-17-6-4-13-11-7-10(2)8-12(9-11)14(15)16/h1,7-9,13H,4-6H2,2H3. The van der Waals surface area contributed by atoms with Crippen molar-refractivity contribution in [2.45, 2.75) is 6.92 Å². The number of non-ortho nitro benzene ring substituents is 1. The summed E-state index contributed by atoms with van der Waals surface area (Å²) in [5.41, 5.74) is 1.76. The molecule has 1 rings (SSSR count). The molecule has 17 heavy (non-hydrogen) atoms. The van der Waals surface area contributed by atoms with E-state index >= 15 is 0 Å². The molecule has 0 aromatic heterocycles. The Hall–Kier alpha value is -1.67. The summed E-state index contributed by atoms with van der Waals surface area (Å²) in [4.78, 5) is 10.3. The summed E-state index contributed by atoms with van der Waals surface area (Å²) in [5.74, 6) is 4.12. The molecule has 0 saturated carbocycles. The number of anilines is 1. The third-order valence-corrected chi connectivity index (χ3v) is 2.90. The molecule has 0 radical (unpaired) electrons. The lowest BCUT2D eigenvalue weighted by atomic mass is 10.2. The van der Waals surface area contributed by atoms with Gasteiger partial charge in [0.1, 0.15) is 0 Å². The highest BCUT2D eigenvalue weighted by Gasteiger charge is 2.07. The van der Waals surface area contributed by atoms with Gasteiger partial charge in [-0.1, -0.05) is 5.92 Å². The molecule has 0 unspecified atom stereocenters. The van der Waals surface area contributed by atoms with Crippen LogP contribution in [0.3, 0.4) is 0 Å². The van der Waals surface area contributed by atoms with E-state index in [2.05, 4.69) is 11.2 Å². The van der Waals surface area contributed by atoms with Gasteiger partial charge in [-0.3, -0.25) is 10.1 Å². The van der Waals surface area contributed by atoms with Gasteiger partial charge >= 0.3 is 0 Å². The third-order valence-electron chi connectivity index (χ3n) is 2.03. The topological polar surface area (TPSA) is 55.2 Å². The van der Waals surface area contributed by atoms with Crippen molar-refractivity contribution in [3.63, 3.8) is 0 Å². The van der Waals surface area contributed by atoms with Gasteiger partial charge in [-0.15, -0.1) is 18.2 Å². The van der Waals surface area contributed by atoms with E-state index in [9.17, 15) is 10.1 Å². The highest BCUT2D eigenvalue weighted by molar-refractivity contribution is 7.99. The minimum Gasteiger partial charge on any atom is -0.384 e. The minimum absolute atomic E-state index is 0.115. The number of nitrogens with one attached hydrogen (secondary N) is 1. The number of rotatable bonds is 6. The lowest BCUT2D eigenvalue weighted by molar-refractivity contribution is -0.384. The van der Waals surface area contributed by atoms with Gasteiger partial charge in [-0.2, -0.15) is 0 Å². The molecular formula is C12H14N2O2S. The zero-order chi connectivity index (χ0) is 12.7. The van der Waals surface area contributed by atoms with E-state index in [-0.39, 0.29) is 10.6 Å². The van der Waals surface area contributed by atoms with E-state index in [4.69, 9.17) is 6.42 Å². The molecule has 90 valence electrons. The van der Waals surface area contributed by atoms with Gasteiger partial charge in [0.25, 0.3) is 5.69 Å². The SMILES string of the molecule is C#CCSCCNc1cc(C)cc([N+](=O)[O-])c1. The van der Waals surface area contributed by atoms with Crippen LogP contribution in [0.25, 0.3) is 0 Å². The van der Waals surface area contributed by atoms with Crippen LogP contribution in [0.5, 0.6) is 0 Å². The van der Waals surface area contributed by atoms with Crippen molar-refractivity contribution in [1.29, 1.82) is 0 Å². The van der Waals surface area contributed by atoms with Crippen molar-refractivity contribution < 1.29 is 4.92 Å². The summed E-state index contributed by atoms with van der Waals surface area (Å²) in [7, 11) is 0. The van der Waals surface area contributed by atoms with Crippen LogP contribution in [0.1, 0.15) is 5.56 Å². The van der Waals surface area contributed by atoms with Gasteiger partial charge in [-0.05, 0) is 18.6 Å². The van der Waals surface area contributed by atoms with Crippen molar-refractivity contribution in [3.05, 3.63) is 33.9 Å². The van der Waals surface area contributed by atoms with Gasteiger partial charge < -0.3 is 5.32 Å². The first-order valence-corrected chi connectivity index (χ1v) is 6.30. The summed E-state index contributed by atoms with van der Waals surface area (Å²) in [6, 6.07) is 4.98. The zero-order valence-electron chi connectivity index (χ0n) is 9.60. The van der Waals surface area contributed by atoms with Crippen LogP contribution in [0, 0.1) is 29.4 Å². The van der Waals surface area contributed by atoms with E-state index in [1.165, 1.54) is 0 Å². The number of thioether (sulfide) groups is 1. The van der Waals surface area contributed by atoms with Crippen LogP contribution in [0.2, 0.25) is 0 Å². The number of hydrogen-bond acceptors (Lipinski definition) is 4. The predicted octanol–water partition coefficient (Wildman–Crippen LogP) is 2.68. The monoisotopic (exact) mass is 250 g/mol. The Morgan fingerprint density at radius 3 is 2.94 bits per heavy atom. The van der Waals surface area contributed by atoms with E-state index in [1.807, 2.05) is 13.0 Å². The molecule has 0 atom stereocenters. The Labute approximate surface area is 105 Å². The first kappa shape index (κ1) is 13.4. The van der Waals surface area contributed by atoms with Crippen LogP contribution in [0.4, 0.5) is 11.4 Å². The molecule has 0 aliphatic heterocycles. The number of benzene rings is 1. The van der Waals surface area contributed by atoms with E-state index in [0.717, 1.165) is 23.5 Å². The Balaban J connectivity index is 2.53. The maximum Gasteiger partial charge on any atom is 0.271 e. The second kappa shape index (κ2) is 6.81. The Morgan fingerprint density at radius 1 is 1.53 bits per heavy atom. The lowest BCUT2D eigenvalue weighted by Gasteiger charge is -2.06. The first-order chi connectivity index (χ1) is 8.13. The molecule has 1 aromatic carbocycles. The van der Waals surface area contributed by atoms with Gasteiger partial charge in [0.05, 0.1) is 10.7 Å². The molecule has 0 aliphatic carbocycles. The molecule has 0 saturated heterocycles. The quantitative estimate of drug-likeness (QED) is 0.365. The molecule has 5 heteroatoms. The fourth-order valence-electron chi connectivity index (χ4n) is 1.37. The van der Waals surface area contributed by atoms with Gasteiger partial charge in [0, 0.05) is 30.1 Å². The highest BCUT2D eigenvalue weighted by Crippen LogP contribution is 2.20. The van der Waals surface area contributed by atoms with E-state index in [0.29, 0.717) is 5.75 Å². The average molecular weight is 250 g/mol. The largest absolute Gasteiger partial charge is 0.384 e. The molecular weight excluding hydrogens is 236 g/mol. The molecule has 0 fully saturated rings. The number of aryl methyl sites for hydroxylation is 1. The molecule has 0 aliphatic rings. The second-order valence-corrected chi connectivity index (χ2v) is 4.60. The molecule has 1 N–H and O–H groups in total. The molecule has 0 amide bonds. The first-order valence-electron chi connectivity index (χ1n) is 5.14. The van der Waals surface area contributed by atoms with Crippen LogP contribution < -0.4 is 5.32 Å². The van der Waals surface area contributed by atoms with Crippen LogP contribution in [0.15, 0.2) is 18.2 Å². The summed E-state index contributed by atoms with van der Waals surface area (Å²) >= 11 is 1.65. The predicted molar refractivity (Wildman–Crippen MR) is 72.5 cm³/mol. The van der Waals surface area contributed by atoms with Crippen LogP contribution in [-0.4, -0.2) is 23.0 Å². The molecule has 1 aromatic rings.